The number of hydrogen-bond acceptors (Lipinski definition) is 4. The van der Waals surface area contributed by atoms with Crippen molar-refractivity contribution in [1.29, 1.82) is 0 Å². The fourth-order valence-corrected chi connectivity index (χ4v) is 3.54. The second-order valence-electron chi connectivity index (χ2n) is 4.41. The molecule has 1 aliphatic carbocycles. The first-order valence-corrected chi connectivity index (χ1v) is 7.43. The van der Waals surface area contributed by atoms with Crippen LogP contribution in [0.25, 0.3) is 0 Å². The predicted molar refractivity (Wildman–Crippen MR) is 58.7 cm³/mol. The van der Waals surface area contributed by atoms with Gasteiger partial charge in [-0.15, -0.1) is 0 Å². The average Bonchev–Trinajstić information content (AvgIpc) is 3.03. The molecule has 0 bridgehead atoms. The maximum atomic E-state index is 11.9. The van der Waals surface area contributed by atoms with Crippen molar-refractivity contribution in [3.05, 3.63) is 0 Å². The number of hydrogen-bond donors (Lipinski definition) is 1. The summed E-state index contributed by atoms with van der Waals surface area (Å²) < 4.78 is 29.0. The highest BCUT2D eigenvalue weighted by atomic mass is 32.2. The smallest absolute Gasteiger partial charge is 0.154 e. The summed E-state index contributed by atoms with van der Waals surface area (Å²) in [7, 11) is -2.89. The van der Waals surface area contributed by atoms with Crippen LogP contribution < -0.4 is 5.32 Å². The zero-order valence-electron chi connectivity index (χ0n) is 8.94. The summed E-state index contributed by atoms with van der Waals surface area (Å²) in [6.07, 6.45) is 3.76. The van der Waals surface area contributed by atoms with E-state index in [1.54, 1.807) is 0 Å². The Labute approximate surface area is 91.3 Å². The molecular weight excluding hydrogens is 214 g/mol. The van der Waals surface area contributed by atoms with Crippen molar-refractivity contribution in [2.24, 2.45) is 0 Å². The van der Waals surface area contributed by atoms with Gasteiger partial charge in [0.25, 0.3) is 0 Å². The SMILES string of the molecule is O=S(=O)(CCNC1CC1)C1CCOCC1. The Morgan fingerprint density at radius 3 is 2.40 bits per heavy atom. The van der Waals surface area contributed by atoms with Gasteiger partial charge < -0.3 is 10.1 Å². The van der Waals surface area contributed by atoms with E-state index in [0.29, 0.717) is 38.6 Å². The van der Waals surface area contributed by atoms with E-state index in [1.165, 1.54) is 12.8 Å². The van der Waals surface area contributed by atoms with Gasteiger partial charge in [0.1, 0.15) is 0 Å². The van der Waals surface area contributed by atoms with Crippen LogP contribution in [0.3, 0.4) is 0 Å². The minimum Gasteiger partial charge on any atom is -0.381 e. The van der Waals surface area contributed by atoms with Crippen LogP contribution in [0.4, 0.5) is 0 Å². The summed E-state index contributed by atoms with van der Waals surface area (Å²) in [5.74, 6) is 0.286. The molecule has 0 aromatic rings. The van der Waals surface area contributed by atoms with Crippen molar-refractivity contribution in [3.63, 3.8) is 0 Å². The molecule has 15 heavy (non-hydrogen) atoms. The summed E-state index contributed by atoms with van der Waals surface area (Å²) in [6, 6.07) is 0.592. The van der Waals surface area contributed by atoms with Crippen LogP contribution in [0.1, 0.15) is 25.7 Å². The molecular formula is C10H19NO3S. The van der Waals surface area contributed by atoms with Crippen LogP contribution in [-0.2, 0) is 14.6 Å². The molecule has 1 heterocycles. The number of ether oxygens (including phenoxy) is 1. The van der Waals surface area contributed by atoms with Crippen molar-refractivity contribution in [2.75, 3.05) is 25.5 Å². The molecule has 0 amide bonds. The zero-order valence-corrected chi connectivity index (χ0v) is 9.76. The van der Waals surface area contributed by atoms with Gasteiger partial charge in [0.05, 0.1) is 11.0 Å². The molecule has 1 saturated carbocycles. The van der Waals surface area contributed by atoms with Gasteiger partial charge in [-0.3, -0.25) is 0 Å². The Hall–Kier alpha value is -0.130. The largest absolute Gasteiger partial charge is 0.381 e. The van der Waals surface area contributed by atoms with Crippen molar-refractivity contribution in [2.45, 2.75) is 37.0 Å². The van der Waals surface area contributed by atoms with Gasteiger partial charge >= 0.3 is 0 Å². The third-order valence-corrected chi connectivity index (χ3v) is 5.33. The van der Waals surface area contributed by atoms with Crippen LogP contribution in [0.15, 0.2) is 0 Å². The Balaban J connectivity index is 1.76. The van der Waals surface area contributed by atoms with Crippen LogP contribution in [0, 0.1) is 0 Å². The van der Waals surface area contributed by atoms with Gasteiger partial charge in [0.15, 0.2) is 9.84 Å². The van der Waals surface area contributed by atoms with E-state index in [9.17, 15) is 8.42 Å². The normalized spacial score (nSPS) is 24.3. The van der Waals surface area contributed by atoms with Gasteiger partial charge in [-0.05, 0) is 25.7 Å². The topological polar surface area (TPSA) is 55.4 Å². The molecule has 1 N–H and O–H groups in total. The summed E-state index contributed by atoms with van der Waals surface area (Å²) in [5.41, 5.74) is 0. The Kier molecular flexibility index (Phi) is 3.64. The molecule has 1 saturated heterocycles. The highest BCUT2D eigenvalue weighted by Crippen LogP contribution is 2.19. The first-order valence-electron chi connectivity index (χ1n) is 5.71. The van der Waals surface area contributed by atoms with Gasteiger partial charge in [-0.25, -0.2) is 8.42 Å². The summed E-state index contributed by atoms with van der Waals surface area (Å²) in [4.78, 5) is 0. The highest BCUT2D eigenvalue weighted by molar-refractivity contribution is 7.92. The monoisotopic (exact) mass is 233 g/mol. The van der Waals surface area contributed by atoms with E-state index in [-0.39, 0.29) is 11.0 Å². The Morgan fingerprint density at radius 1 is 1.13 bits per heavy atom. The first kappa shape index (κ1) is 11.4. The summed E-state index contributed by atoms with van der Waals surface area (Å²) >= 11 is 0. The Bertz CT molecular complexity index is 292. The standard InChI is InChI=1S/C10H19NO3S/c12-15(13,8-5-11-9-1-2-9)10-3-6-14-7-4-10/h9-11H,1-8H2. The lowest BCUT2D eigenvalue weighted by atomic mass is 10.2. The van der Waals surface area contributed by atoms with Gasteiger partial charge in [-0.1, -0.05) is 0 Å². The third-order valence-electron chi connectivity index (χ3n) is 3.07. The molecule has 0 radical (unpaired) electrons. The molecule has 2 aliphatic rings. The van der Waals surface area contributed by atoms with E-state index in [1.807, 2.05) is 0 Å². The fourth-order valence-electron chi connectivity index (χ4n) is 1.89. The maximum absolute atomic E-state index is 11.9. The molecule has 2 fully saturated rings. The first-order chi connectivity index (χ1) is 7.18. The third kappa shape index (κ3) is 3.43. The highest BCUT2D eigenvalue weighted by Gasteiger charge is 2.28. The molecule has 0 aromatic heterocycles. The van der Waals surface area contributed by atoms with E-state index in [4.69, 9.17) is 4.74 Å². The number of rotatable bonds is 5. The fraction of sp³-hybridized carbons (Fsp3) is 1.00. The van der Waals surface area contributed by atoms with Crippen LogP contribution in [-0.4, -0.2) is 45.2 Å². The molecule has 0 atom stereocenters. The number of sulfone groups is 1. The van der Waals surface area contributed by atoms with E-state index in [0.717, 1.165) is 0 Å². The molecule has 88 valence electrons. The molecule has 2 rings (SSSR count). The minimum atomic E-state index is -2.89. The van der Waals surface area contributed by atoms with E-state index < -0.39 is 9.84 Å². The molecule has 0 unspecified atom stereocenters. The summed E-state index contributed by atoms with van der Waals surface area (Å²) in [6.45, 7) is 1.81. The minimum absolute atomic E-state index is 0.160. The second-order valence-corrected chi connectivity index (χ2v) is 6.81. The van der Waals surface area contributed by atoms with Crippen LogP contribution in [0.2, 0.25) is 0 Å². The lowest BCUT2D eigenvalue weighted by Crippen LogP contribution is -2.34. The second kappa shape index (κ2) is 4.80. The molecule has 4 nitrogen and oxygen atoms in total. The van der Waals surface area contributed by atoms with Gasteiger partial charge in [0.2, 0.25) is 0 Å². The lowest BCUT2D eigenvalue weighted by Gasteiger charge is -2.22. The zero-order chi connectivity index (χ0) is 10.7. The van der Waals surface area contributed by atoms with Crippen molar-refractivity contribution in [1.82, 2.24) is 5.32 Å². The lowest BCUT2D eigenvalue weighted by molar-refractivity contribution is 0.0983. The average molecular weight is 233 g/mol. The molecule has 0 spiro atoms. The maximum Gasteiger partial charge on any atom is 0.154 e. The van der Waals surface area contributed by atoms with Crippen LogP contribution in [0.5, 0.6) is 0 Å². The van der Waals surface area contributed by atoms with Crippen molar-refractivity contribution in [3.8, 4) is 0 Å². The summed E-state index contributed by atoms with van der Waals surface area (Å²) in [5, 5.41) is 3.08. The molecule has 0 aromatic carbocycles. The Morgan fingerprint density at radius 2 is 1.80 bits per heavy atom. The number of nitrogens with one attached hydrogen (secondary N) is 1. The quantitative estimate of drug-likeness (QED) is 0.743. The van der Waals surface area contributed by atoms with Gasteiger partial charge in [0, 0.05) is 25.8 Å². The predicted octanol–water partition coefficient (Wildman–Crippen LogP) is 0.332. The van der Waals surface area contributed by atoms with Gasteiger partial charge in [-0.2, -0.15) is 0 Å². The molecule has 5 heteroatoms. The van der Waals surface area contributed by atoms with Crippen molar-refractivity contribution < 1.29 is 13.2 Å². The molecule has 1 aliphatic heterocycles. The van der Waals surface area contributed by atoms with Crippen LogP contribution >= 0.6 is 0 Å². The van der Waals surface area contributed by atoms with Crippen molar-refractivity contribution >= 4 is 9.84 Å². The van der Waals surface area contributed by atoms with E-state index >= 15 is 0 Å². The van der Waals surface area contributed by atoms with E-state index in [2.05, 4.69) is 5.32 Å².